The van der Waals surface area contributed by atoms with Gasteiger partial charge in [-0.3, -0.25) is 4.98 Å². The topological polar surface area (TPSA) is 38.9 Å². The van der Waals surface area contributed by atoms with E-state index in [4.69, 9.17) is 5.73 Å². The van der Waals surface area contributed by atoms with E-state index in [0.29, 0.717) is 17.4 Å². The Bertz CT molecular complexity index is 582. The van der Waals surface area contributed by atoms with Gasteiger partial charge in [-0.05, 0) is 25.1 Å². The highest BCUT2D eigenvalue weighted by atomic mass is 19.2. The minimum absolute atomic E-state index is 0.0907. The minimum Gasteiger partial charge on any atom is -0.397 e. The molecule has 5 heteroatoms. The second-order valence-corrected chi connectivity index (χ2v) is 3.62. The zero-order chi connectivity index (χ0) is 12.6. The fraction of sp³-hybridized carbons (Fsp3) is 0.0833. The lowest BCUT2D eigenvalue weighted by Gasteiger charge is -2.06. The summed E-state index contributed by atoms with van der Waals surface area (Å²) in [5, 5.41) is 0. The summed E-state index contributed by atoms with van der Waals surface area (Å²) in [6, 6.07) is 4.27. The first-order chi connectivity index (χ1) is 7.99. The molecule has 0 aliphatic carbocycles. The van der Waals surface area contributed by atoms with Crippen LogP contribution in [-0.2, 0) is 0 Å². The number of benzene rings is 1. The van der Waals surface area contributed by atoms with E-state index in [1.165, 1.54) is 6.07 Å². The van der Waals surface area contributed by atoms with E-state index in [0.717, 1.165) is 6.07 Å². The molecule has 0 radical (unpaired) electrons. The van der Waals surface area contributed by atoms with Gasteiger partial charge in [0.25, 0.3) is 0 Å². The Morgan fingerprint density at radius 1 is 1.00 bits per heavy atom. The first-order valence-electron chi connectivity index (χ1n) is 4.87. The van der Waals surface area contributed by atoms with Crippen molar-refractivity contribution in [3.63, 3.8) is 0 Å². The molecule has 0 atom stereocenters. The van der Waals surface area contributed by atoms with Crippen LogP contribution in [0.25, 0.3) is 11.3 Å². The summed E-state index contributed by atoms with van der Waals surface area (Å²) < 4.78 is 39.3. The largest absolute Gasteiger partial charge is 0.397 e. The van der Waals surface area contributed by atoms with E-state index in [-0.39, 0.29) is 11.3 Å². The van der Waals surface area contributed by atoms with Crippen LogP contribution in [0.15, 0.2) is 24.3 Å². The molecule has 0 bridgehead atoms. The second-order valence-electron chi connectivity index (χ2n) is 3.62. The third-order valence-corrected chi connectivity index (χ3v) is 2.41. The number of halogens is 3. The Kier molecular flexibility index (Phi) is 2.75. The highest BCUT2D eigenvalue weighted by molar-refractivity contribution is 5.62. The molecule has 1 aromatic heterocycles. The van der Waals surface area contributed by atoms with Crippen molar-refractivity contribution in [3.8, 4) is 11.3 Å². The molecule has 0 fully saturated rings. The number of hydrogen-bond acceptors (Lipinski definition) is 2. The fourth-order valence-corrected chi connectivity index (χ4v) is 1.44. The van der Waals surface area contributed by atoms with Gasteiger partial charge in [0, 0.05) is 11.6 Å². The van der Waals surface area contributed by atoms with Gasteiger partial charge in [0.2, 0.25) is 0 Å². The van der Waals surface area contributed by atoms with Crippen molar-refractivity contribution < 1.29 is 13.2 Å². The van der Waals surface area contributed by atoms with Crippen LogP contribution >= 0.6 is 0 Å². The molecule has 1 heterocycles. The maximum atomic E-state index is 13.5. The Hall–Kier alpha value is -2.04. The number of aromatic nitrogens is 1. The molecule has 0 amide bonds. The van der Waals surface area contributed by atoms with Gasteiger partial charge in [0.15, 0.2) is 11.6 Å². The lowest BCUT2D eigenvalue weighted by molar-refractivity contribution is 0.496. The minimum atomic E-state index is -1.22. The summed E-state index contributed by atoms with van der Waals surface area (Å²) in [6.45, 7) is 1.65. The molecule has 0 spiro atoms. The number of hydrogen-bond donors (Lipinski definition) is 1. The summed E-state index contributed by atoms with van der Waals surface area (Å²) in [6.07, 6.45) is 0. The van der Waals surface area contributed by atoms with Gasteiger partial charge in [-0.2, -0.15) is 0 Å². The molecule has 2 aromatic rings. The van der Waals surface area contributed by atoms with Gasteiger partial charge in [0.1, 0.15) is 5.82 Å². The predicted octanol–water partition coefficient (Wildman–Crippen LogP) is 3.06. The van der Waals surface area contributed by atoms with Crippen molar-refractivity contribution in [2.75, 3.05) is 5.73 Å². The first-order valence-corrected chi connectivity index (χ1v) is 4.87. The van der Waals surface area contributed by atoms with Crippen molar-refractivity contribution in [2.45, 2.75) is 6.92 Å². The van der Waals surface area contributed by atoms with Gasteiger partial charge in [-0.25, -0.2) is 13.2 Å². The van der Waals surface area contributed by atoms with Crippen LogP contribution in [0.4, 0.5) is 18.9 Å². The van der Waals surface area contributed by atoms with E-state index in [2.05, 4.69) is 4.98 Å². The van der Waals surface area contributed by atoms with Gasteiger partial charge in [-0.15, -0.1) is 0 Å². The number of aryl methyl sites for hydroxylation is 1. The molecule has 2 nitrogen and oxygen atoms in total. The Labute approximate surface area is 95.9 Å². The smallest absolute Gasteiger partial charge is 0.161 e. The van der Waals surface area contributed by atoms with E-state index in [9.17, 15) is 13.2 Å². The summed E-state index contributed by atoms with van der Waals surface area (Å²) in [7, 11) is 0. The van der Waals surface area contributed by atoms with Crippen LogP contribution in [-0.4, -0.2) is 4.98 Å². The van der Waals surface area contributed by atoms with Gasteiger partial charge in [0.05, 0.1) is 17.1 Å². The number of rotatable bonds is 1. The van der Waals surface area contributed by atoms with Crippen LogP contribution in [0.2, 0.25) is 0 Å². The summed E-state index contributed by atoms with van der Waals surface area (Å²) in [5.74, 6) is -3.20. The molecule has 1 aromatic carbocycles. The lowest BCUT2D eigenvalue weighted by atomic mass is 10.1. The third kappa shape index (κ3) is 2.08. The molecule has 0 aliphatic rings. The van der Waals surface area contributed by atoms with Crippen molar-refractivity contribution >= 4 is 5.69 Å². The van der Waals surface area contributed by atoms with E-state index in [1.807, 2.05) is 0 Å². The fourth-order valence-electron chi connectivity index (χ4n) is 1.44. The normalized spacial score (nSPS) is 10.6. The van der Waals surface area contributed by atoms with Gasteiger partial charge < -0.3 is 5.73 Å². The lowest BCUT2D eigenvalue weighted by Crippen LogP contribution is -1.97. The van der Waals surface area contributed by atoms with Crippen molar-refractivity contribution in [2.24, 2.45) is 0 Å². The highest BCUT2D eigenvalue weighted by Gasteiger charge is 2.12. The third-order valence-electron chi connectivity index (χ3n) is 2.41. The molecule has 0 unspecified atom stereocenters. The summed E-state index contributed by atoms with van der Waals surface area (Å²) >= 11 is 0. The molecule has 88 valence electrons. The number of pyridine rings is 1. The van der Waals surface area contributed by atoms with E-state index >= 15 is 0 Å². The monoisotopic (exact) mass is 238 g/mol. The molecular weight excluding hydrogens is 229 g/mol. The first kappa shape index (κ1) is 11.4. The zero-order valence-corrected chi connectivity index (χ0v) is 8.97. The van der Waals surface area contributed by atoms with Crippen LogP contribution in [0.1, 0.15) is 5.69 Å². The molecule has 0 saturated heterocycles. The van der Waals surface area contributed by atoms with Crippen LogP contribution < -0.4 is 5.73 Å². The number of nitrogens with zero attached hydrogens (tertiary/aromatic N) is 1. The molecule has 0 aliphatic heterocycles. The van der Waals surface area contributed by atoms with E-state index < -0.39 is 17.5 Å². The Morgan fingerprint density at radius 3 is 2.29 bits per heavy atom. The maximum Gasteiger partial charge on any atom is 0.161 e. The highest BCUT2D eigenvalue weighted by Crippen LogP contribution is 2.25. The quantitative estimate of drug-likeness (QED) is 0.775. The molecular formula is C12H9F3N2. The molecule has 17 heavy (non-hydrogen) atoms. The summed E-state index contributed by atoms with van der Waals surface area (Å²) in [5.41, 5.74) is 6.66. The molecule has 0 saturated carbocycles. The predicted molar refractivity (Wildman–Crippen MR) is 58.7 cm³/mol. The zero-order valence-electron chi connectivity index (χ0n) is 8.97. The summed E-state index contributed by atoms with van der Waals surface area (Å²) in [4.78, 5) is 4.02. The maximum absolute atomic E-state index is 13.5. The molecule has 2 N–H and O–H groups in total. The van der Waals surface area contributed by atoms with Crippen molar-refractivity contribution in [1.29, 1.82) is 0 Å². The van der Waals surface area contributed by atoms with Gasteiger partial charge in [-0.1, -0.05) is 0 Å². The standard InChI is InChI=1S/C12H9F3N2/c1-6-11(16)2-3-12(17-6)7-4-9(14)10(15)5-8(7)13/h2-5H,16H2,1H3. The van der Waals surface area contributed by atoms with Crippen LogP contribution in [0.3, 0.4) is 0 Å². The Balaban J connectivity index is 2.60. The van der Waals surface area contributed by atoms with Crippen LogP contribution in [0, 0.1) is 24.4 Å². The number of nitrogen functional groups attached to an aromatic ring is 1. The van der Waals surface area contributed by atoms with Crippen molar-refractivity contribution in [1.82, 2.24) is 4.98 Å². The van der Waals surface area contributed by atoms with Crippen molar-refractivity contribution in [3.05, 3.63) is 47.4 Å². The van der Waals surface area contributed by atoms with E-state index in [1.54, 1.807) is 13.0 Å². The average Bonchev–Trinajstić information content (AvgIpc) is 2.27. The second kappa shape index (κ2) is 4.08. The Morgan fingerprint density at radius 2 is 1.65 bits per heavy atom. The SMILES string of the molecule is Cc1nc(-c2cc(F)c(F)cc2F)ccc1N. The number of nitrogens with two attached hydrogens (primary N) is 1. The number of anilines is 1. The van der Waals surface area contributed by atoms with Gasteiger partial charge >= 0.3 is 0 Å². The van der Waals surface area contributed by atoms with Crippen LogP contribution in [0.5, 0.6) is 0 Å². The average molecular weight is 238 g/mol. The molecule has 2 rings (SSSR count).